The van der Waals surface area contributed by atoms with Crippen LogP contribution in [0.4, 0.5) is 5.82 Å². The summed E-state index contributed by atoms with van der Waals surface area (Å²) in [6.07, 6.45) is 1.59. The van der Waals surface area contributed by atoms with Gasteiger partial charge in [-0.25, -0.2) is 18.2 Å². The number of aryl methyl sites for hydroxylation is 1. The van der Waals surface area contributed by atoms with Crippen molar-refractivity contribution in [3.05, 3.63) is 99.3 Å². The highest BCUT2D eigenvalue weighted by atomic mass is 32.2. The predicted octanol–water partition coefficient (Wildman–Crippen LogP) is 1.16. The minimum Gasteiger partial charge on any atom is -0.309 e. The summed E-state index contributed by atoms with van der Waals surface area (Å²) in [7, 11) is -1.41. The van der Waals surface area contributed by atoms with Gasteiger partial charge in [0.2, 0.25) is 15.9 Å². The van der Waals surface area contributed by atoms with Crippen molar-refractivity contribution in [2.45, 2.75) is 17.4 Å². The molecular weight excluding hydrogens is 470 g/mol. The quantitative estimate of drug-likeness (QED) is 0.397. The molecule has 0 spiro atoms. The third-order valence-corrected chi connectivity index (χ3v) is 7.03. The Balaban J connectivity index is 1.71. The number of carbonyl (C=O) groups is 1. The number of fused-ring (bicyclic) bond motifs is 1. The van der Waals surface area contributed by atoms with Crippen molar-refractivity contribution < 1.29 is 13.2 Å². The van der Waals surface area contributed by atoms with E-state index in [1.165, 1.54) is 43.1 Å². The first-order chi connectivity index (χ1) is 16.7. The number of anilines is 1. The molecule has 0 bridgehead atoms. The van der Waals surface area contributed by atoms with Crippen molar-refractivity contribution in [2.75, 3.05) is 5.32 Å². The molecule has 2 aromatic heterocycles. The Morgan fingerprint density at radius 2 is 1.69 bits per heavy atom. The Hall–Kier alpha value is -4.09. The molecule has 0 saturated heterocycles. The number of pyridine rings is 1. The maximum absolute atomic E-state index is 13.3. The van der Waals surface area contributed by atoms with Gasteiger partial charge < -0.3 is 5.32 Å². The van der Waals surface area contributed by atoms with Gasteiger partial charge in [-0.3, -0.25) is 18.7 Å². The van der Waals surface area contributed by atoms with Gasteiger partial charge in [-0.1, -0.05) is 36.4 Å². The largest absolute Gasteiger partial charge is 0.330 e. The Kier molecular flexibility index (Phi) is 6.63. The fourth-order valence-corrected chi connectivity index (χ4v) is 4.91. The molecular formula is C24H23N5O5S. The smallest absolute Gasteiger partial charge is 0.309 e. The van der Waals surface area contributed by atoms with E-state index in [2.05, 4.69) is 15.0 Å². The molecule has 4 rings (SSSR count). The van der Waals surface area contributed by atoms with E-state index in [1.807, 2.05) is 6.07 Å². The lowest BCUT2D eigenvalue weighted by Crippen LogP contribution is -2.45. The number of hydrogen-bond acceptors (Lipinski definition) is 6. The highest BCUT2D eigenvalue weighted by molar-refractivity contribution is 7.89. The second-order valence-electron chi connectivity index (χ2n) is 7.95. The van der Waals surface area contributed by atoms with Gasteiger partial charge in [-0.2, -0.15) is 4.72 Å². The van der Waals surface area contributed by atoms with Gasteiger partial charge in [0.25, 0.3) is 5.56 Å². The van der Waals surface area contributed by atoms with E-state index < -0.39 is 33.2 Å². The summed E-state index contributed by atoms with van der Waals surface area (Å²) in [6, 6.07) is 16.7. The molecule has 4 aromatic rings. The third-order valence-electron chi connectivity index (χ3n) is 5.56. The number of rotatable bonds is 7. The van der Waals surface area contributed by atoms with Crippen LogP contribution in [0.5, 0.6) is 0 Å². The topological polar surface area (TPSA) is 132 Å². The van der Waals surface area contributed by atoms with Crippen LogP contribution >= 0.6 is 0 Å². The van der Waals surface area contributed by atoms with Crippen LogP contribution in [-0.4, -0.2) is 34.5 Å². The zero-order chi connectivity index (χ0) is 25.2. The Morgan fingerprint density at radius 1 is 0.971 bits per heavy atom. The zero-order valence-electron chi connectivity index (χ0n) is 19.0. The Bertz CT molecular complexity index is 1610. The zero-order valence-corrected chi connectivity index (χ0v) is 19.8. The van der Waals surface area contributed by atoms with Gasteiger partial charge in [0, 0.05) is 20.3 Å². The molecule has 2 heterocycles. The lowest BCUT2D eigenvalue weighted by molar-refractivity contribution is -0.117. The fraction of sp³-hybridized carbons (Fsp3) is 0.167. The van der Waals surface area contributed by atoms with Gasteiger partial charge in [0.05, 0.1) is 15.8 Å². The SMILES string of the molecule is Cn1c(=O)c2cc(S(=O)(=O)N[C@@H](Cc3ccccc3)C(=O)Nc3ccccn3)ccc2n(C)c1=O. The van der Waals surface area contributed by atoms with Crippen LogP contribution in [0.3, 0.4) is 0 Å². The third kappa shape index (κ3) is 5.05. The summed E-state index contributed by atoms with van der Waals surface area (Å²) in [5.41, 5.74) is -0.0937. The van der Waals surface area contributed by atoms with E-state index in [0.29, 0.717) is 5.52 Å². The average molecular weight is 494 g/mol. The number of benzene rings is 2. The van der Waals surface area contributed by atoms with Crippen molar-refractivity contribution in [3.8, 4) is 0 Å². The van der Waals surface area contributed by atoms with Gasteiger partial charge in [-0.05, 0) is 42.3 Å². The van der Waals surface area contributed by atoms with E-state index in [1.54, 1.807) is 42.5 Å². The lowest BCUT2D eigenvalue weighted by Gasteiger charge is -2.19. The summed E-state index contributed by atoms with van der Waals surface area (Å²) in [5, 5.41) is 2.69. The van der Waals surface area contributed by atoms with Crippen LogP contribution < -0.4 is 21.3 Å². The highest BCUT2D eigenvalue weighted by Gasteiger charge is 2.27. The van der Waals surface area contributed by atoms with Crippen molar-refractivity contribution in [1.29, 1.82) is 0 Å². The molecule has 0 aliphatic carbocycles. The van der Waals surface area contributed by atoms with Crippen LogP contribution in [0.2, 0.25) is 0 Å². The van der Waals surface area contributed by atoms with Crippen molar-refractivity contribution in [3.63, 3.8) is 0 Å². The van der Waals surface area contributed by atoms with Crippen LogP contribution in [0.1, 0.15) is 5.56 Å². The second-order valence-corrected chi connectivity index (χ2v) is 9.67. The summed E-state index contributed by atoms with van der Waals surface area (Å²) < 4.78 is 31.2. The van der Waals surface area contributed by atoms with Crippen LogP contribution in [-0.2, 0) is 35.3 Å². The molecule has 2 N–H and O–H groups in total. The van der Waals surface area contributed by atoms with Crippen LogP contribution in [0.25, 0.3) is 10.9 Å². The maximum Gasteiger partial charge on any atom is 0.330 e. The first kappa shape index (κ1) is 24.0. The molecule has 35 heavy (non-hydrogen) atoms. The molecule has 0 aliphatic heterocycles. The summed E-state index contributed by atoms with van der Waals surface area (Å²) in [4.78, 5) is 41.7. The normalized spacial score (nSPS) is 12.4. The molecule has 0 radical (unpaired) electrons. The molecule has 11 heteroatoms. The lowest BCUT2D eigenvalue weighted by atomic mass is 10.1. The van der Waals surface area contributed by atoms with Gasteiger partial charge in [0.15, 0.2) is 0 Å². The number of aromatic nitrogens is 3. The van der Waals surface area contributed by atoms with E-state index >= 15 is 0 Å². The summed E-state index contributed by atoms with van der Waals surface area (Å²) in [6.45, 7) is 0. The number of carbonyl (C=O) groups excluding carboxylic acids is 1. The number of amides is 1. The van der Waals surface area contributed by atoms with Crippen molar-refractivity contribution in [1.82, 2.24) is 18.8 Å². The molecule has 180 valence electrons. The summed E-state index contributed by atoms with van der Waals surface area (Å²) >= 11 is 0. The molecule has 0 fully saturated rings. The molecule has 2 aromatic carbocycles. The van der Waals surface area contributed by atoms with Gasteiger partial charge >= 0.3 is 5.69 Å². The number of nitrogens with one attached hydrogen (secondary N) is 2. The standard InChI is InChI=1S/C24H23N5O5S/c1-28-20-12-11-17(15-18(20)23(31)29(2)24(28)32)35(33,34)27-19(14-16-8-4-3-5-9-16)22(30)26-21-10-6-7-13-25-21/h3-13,15,19,27H,14H2,1-2H3,(H,25,26,30)/t19-/m0/s1. The Labute approximate surface area is 200 Å². The molecule has 1 atom stereocenters. The second kappa shape index (κ2) is 9.65. The van der Waals surface area contributed by atoms with E-state index in [9.17, 15) is 22.8 Å². The maximum atomic E-state index is 13.3. The molecule has 0 unspecified atom stereocenters. The van der Waals surface area contributed by atoms with Crippen LogP contribution in [0, 0.1) is 0 Å². The first-order valence-electron chi connectivity index (χ1n) is 10.7. The minimum absolute atomic E-state index is 0.0648. The molecule has 0 saturated carbocycles. The van der Waals surface area contributed by atoms with Crippen molar-refractivity contribution in [2.24, 2.45) is 14.1 Å². The van der Waals surface area contributed by atoms with Crippen LogP contribution in [0.15, 0.2) is 87.4 Å². The van der Waals surface area contributed by atoms with Gasteiger partial charge in [-0.15, -0.1) is 0 Å². The summed E-state index contributed by atoms with van der Waals surface area (Å²) in [5.74, 6) is -0.305. The number of sulfonamides is 1. The first-order valence-corrected chi connectivity index (χ1v) is 12.1. The van der Waals surface area contributed by atoms with E-state index in [4.69, 9.17) is 0 Å². The molecule has 1 amide bonds. The Morgan fingerprint density at radius 3 is 2.37 bits per heavy atom. The minimum atomic E-state index is -4.23. The number of nitrogens with zero attached hydrogens (tertiary/aromatic N) is 3. The van der Waals surface area contributed by atoms with Crippen molar-refractivity contribution >= 4 is 32.7 Å². The van der Waals surface area contributed by atoms with E-state index in [0.717, 1.165) is 10.1 Å². The highest BCUT2D eigenvalue weighted by Crippen LogP contribution is 2.17. The molecule has 10 nitrogen and oxygen atoms in total. The molecule has 0 aliphatic rings. The van der Waals surface area contributed by atoms with E-state index in [-0.39, 0.29) is 22.5 Å². The average Bonchev–Trinajstić information content (AvgIpc) is 2.86. The predicted molar refractivity (Wildman–Crippen MR) is 132 cm³/mol. The number of hydrogen-bond donors (Lipinski definition) is 2. The van der Waals surface area contributed by atoms with Gasteiger partial charge in [0.1, 0.15) is 11.9 Å². The monoisotopic (exact) mass is 493 g/mol. The fourth-order valence-electron chi connectivity index (χ4n) is 3.68.